The number of amides is 1. The summed E-state index contributed by atoms with van der Waals surface area (Å²) in [6.45, 7) is 2.72. The highest BCUT2D eigenvalue weighted by Gasteiger charge is 2.21. The van der Waals surface area contributed by atoms with Crippen LogP contribution in [0.15, 0.2) is 41.3 Å². The Balaban J connectivity index is 1.78. The summed E-state index contributed by atoms with van der Waals surface area (Å²) in [6, 6.07) is 10.1. The fourth-order valence-electron chi connectivity index (χ4n) is 3.17. The van der Waals surface area contributed by atoms with Crippen LogP contribution in [-0.2, 0) is 21.2 Å². The zero-order valence-corrected chi connectivity index (χ0v) is 15.3. The predicted octanol–water partition coefficient (Wildman–Crippen LogP) is 1.62. The summed E-state index contributed by atoms with van der Waals surface area (Å²) in [5.74, 6) is -0.227. The van der Waals surface area contributed by atoms with Gasteiger partial charge in [0.05, 0.1) is 11.4 Å². The molecule has 0 spiro atoms. The fourth-order valence-corrected chi connectivity index (χ4v) is 3.71. The maximum Gasteiger partial charge on any atom is 0.243 e. The second-order valence-electron chi connectivity index (χ2n) is 6.44. The highest BCUT2D eigenvalue weighted by molar-refractivity contribution is 7.89. The molecule has 1 aliphatic rings. The molecule has 2 aromatic carbocycles. The molecule has 2 aromatic rings. The van der Waals surface area contributed by atoms with E-state index in [0.717, 1.165) is 41.9 Å². The number of nitrogens with one attached hydrogen (secondary N) is 1. The summed E-state index contributed by atoms with van der Waals surface area (Å²) in [5.41, 5.74) is 10.0. The quantitative estimate of drug-likeness (QED) is 0.703. The van der Waals surface area contributed by atoms with Gasteiger partial charge < -0.3 is 16.0 Å². The van der Waals surface area contributed by atoms with E-state index in [9.17, 15) is 13.2 Å². The molecule has 138 valence electrons. The van der Waals surface area contributed by atoms with Gasteiger partial charge in [0.1, 0.15) is 0 Å². The lowest BCUT2D eigenvalue weighted by Gasteiger charge is -2.31. The molecule has 0 unspecified atom stereocenters. The van der Waals surface area contributed by atoms with Crippen LogP contribution in [0.1, 0.15) is 17.5 Å². The lowest BCUT2D eigenvalue weighted by molar-refractivity contribution is -0.115. The Kier molecular flexibility index (Phi) is 4.88. The van der Waals surface area contributed by atoms with Crippen molar-refractivity contribution in [2.45, 2.75) is 24.7 Å². The van der Waals surface area contributed by atoms with Gasteiger partial charge in [-0.25, -0.2) is 13.6 Å². The topological polar surface area (TPSA) is 119 Å². The van der Waals surface area contributed by atoms with Crippen molar-refractivity contribution in [1.29, 1.82) is 0 Å². The number of hydrogen-bond donors (Lipinski definition) is 3. The van der Waals surface area contributed by atoms with E-state index in [4.69, 9.17) is 10.9 Å². The number of anilines is 3. The number of carbonyl (C=O) groups excluding carboxylic acids is 1. The van der Waals surface area contributed by atoms with Crippen molar-refractivity contribution in [3.8, 4) is 0 Å². The molecule has 1 heterocycles. The maximum atomic E-state index is 12.5. The first-order chi connectivity index (χ1) is 12.3. The van der Waals surface area contributed by atoms with E-state index in [1.807, 2.05) is 23.1 Å². The van der Waals surface area contributed by atoms with Gasteiger partial charge in [-0.05, 0) is 55.2 Å². The number of hydrogen-bond acceptors (Lipinski definition) is 5. The van der Waals surface area contributed by atoms with E-state index in [1.165, 1.54) is 12.1 Å². The van der Waals surface area contributed by atoms with Crippen LogP contribution in [0, 0.1) is 6.92 Å². The molecule has 26 heavy (non-hydrogen) atoms. The van der Waals surface area contributed by atoms with Gasteiger partial charge in [0.25, 0.3) is 0 Å². The largest absolute Gasteiger partial charge is 0.398 e. The van der Waals surface area contributed by atoms with Crippen molar-refractivity contribution in [2.75, 3.05) is 29.0 Å². The summed E-state index contributed by atoms with van der Waals surface area (Å²) in [7, 11) is -3.83. The monoisotopic (exact) mass is 374 g/mol. The summed E-state index contributed by atoms with van der Waals surface area (Å²) in [4.78, 5) is 14.5. The fraction of sp³-hybridized carbons (Fsp3) is 0.278. The molecule has 0 aliphatic carbocycles. The minimum atomic E-state index is -3.83. The van der Waals surface area contributed by atoms with Crippen molar-refractivity contribution >= 4 is 33.0 Å². The molecule has 0 atom stereocenters. The van der Waals surface area contributed by atoms with Crippen molar-refractivity contribution < 1.29 is 13.2 Å². The van der Waals surface area contributed by atoms with Crippen molar-refractivity contribution in [3.63, 3.8) is 0 Å². The van der Waals surface area contributed by atoms with E-state index in [2.05, 4.69) is 5.32 Å². The van der Waals surface area contributed by atoms with Gasteiger partial charge in [-0.1, -0.05) is 12.1 Å². The van der Waals surface area contributed by atoms with Gasteiger partial charge in [0.15, 0.2) is 0 Å². The Labute approximate surface area is 153 Å². The number of nitrogens with two attached hydrogens (primary N) is 2. The molecule has 0 saturated heterocycles. The Morgan fingerprint density at radius 1 is 1.27 bits per heavy atom. The van der Waals surface area contributed by atoms with Crippen LogP contribution in [0.5, 0.6) is 0 Å². The highest BCUT2D eigenvalue weighted by Crippen LogP contribution is 2.31. The lowest BCUT2D eigenvalue weighted by atomic mass is 10.00. The third kappa shape index (κ3) is 3.81. The maximum absolute atomic E-state index is 12.5. The molecule has 0 bridgehead atoms. The standard InChI is InChI=1S/C18H22N4O3S/c1-12-7-8-13(26(20,24)25)10-16(12)21-18(23)11-22-9-3-4-14-15(19)5-2-6-17(14)22/h2,5-8,10H,3-4,9,11,19H2,1H3,(H,21,23)(H2,20,24,25). The Bertz CT molecular complexity index is 957. The Hall–Kier alpha value is -2.58. The average Bonchev–Trinajstić information content (AvgIpc) is 2.57. The molecule has 3 rings (SSSR count). The summed E-state index contributed by atoms with van der Waals surface area (Å²) in [6.07, 6.45) is 1.82. The predicted molar refractivity (Wildman–Crippen MR) is 103 cm³/mol. The smallest absolute Gasteiger partial charge is 0.243 e. The number of carbonyl (C=O) groups is 1. The number of nitrogen functional groups attached to an aromatic ring is 1. The first kappa shape index (κ1) is 18.2. The minimum Gasteiger partial charge on any atom is -0.398 e. The Morgan fingerprint density at radius 2 is 2.04 bits per heavy atom. The number of fused-ring (bicyclic) bond motifs is 1. The SMILES string of the molecule is Cc1ccc(S(N)(=O)=O)cc1NC(=O)CN1CCCc2c(N)cccc21. The number of sulfonamides is 1. The van der Waals surface area contributed by atoms with E-state index >= 15 is 0 Å². The van der Waals surface area contributed by atoms with Gasteiger partial charge in [0.2, 0.25) is 15.9 Å². The number of aryl methyl sites for hydroxylation is 1. The van der Waals surface area contributed by atoms with Gasteiger partial charge in [-0.3, -0.25) is 4.79 Å². The van der Waals surface area contributed by atoms with Crippen molar-refractivity contribution in [1.82, 2.24) is 0 Å². The second-order valence-corrected chi connectivity index (χ2v) is 8.00. The number of benzene rings is 2. The van der Waals surface area contributed by atoms with Crippen LogP contribution >= 0.6 is 0 Å². The molecule has 0 fully saturated rings. The zero-order valence-electron chi connectivity index (χ0n) is 14.5. The molecule has 1 aliphatic heterocycles. The first-order valence-electron chi connectivity index (χ1n) is 8.31. The van der Waals surface area contributed by atoms with E-state index in [0.29, 0.717) is 5.69 Å². The van der Waals surface area contributed by atoms with Gasteiger partial charge in [-0.15, -0.1) is 0 Å². The minimum absolute atomic E-state index is 0.0329. The van der Waals surface area contributed by atoms with Crippen LogP contribution in [0.4, 0.5) is 17.1 Å². The van der Waals surface area contributed by atoms with Crippen molar-refractivity contribution in [3.05, 3.63) is 47.5 Å². The molecular formula is C18H22N4O3S. The van der Waals surface area contributed by atoms with E-state index < -0.39 is 10.0 Å². The third-order valence-electron chi connectivity index (χ3n) is 4.53. The molecule has 8 heteroatoms. The van der Waals surface area contributed by atoms with E-state index in [-0.39, 0.29) is 17.3 Å². The second kappa shape index (κ2) is 6.97. The number of primary sulfonamides is 1. The number of nitrogens with zero attached hydrogens (tertiary/aromatic N) is 1. The summed E-state index contributed by atoms with van der Waals surface area (Å²) >= 11 is 0. The summed E-state index contributed by atoms with van der Waals surface area (Å²) in [5, 5.41) is 7.95. The molecule has 0 radical (unpaired) electrons. The van der Waals surface area contributed by atoms with Crippen LogP contribution in [0.3, 0.4) is 0 Å². The molecule has 0 saturated carbocycles. The average molecular weight is 374 g/mol. The zero-order chi connectivity index (χ0) is 18.9. The molecular weight excluding hydrogens is 352 g/mol. The molecule has 0 aromatic heterocycles. The van der Waals surface area contributed by atoms with Crippen LogP contribution in [0.25, 0.3) is 0 Å². The van der Waals surface area contributed by atoms with Gasteiger partial charge in [0, 0.05) is 23.6 Å². The Morgan fingerprint density at radius 3 is 2.77 bits per heavy atom. The van der Waals surface area contributed by atoms with Gasteiger partial charge >= 0.3 is 0 Å². The molecule has 5 N–H and O–H groups in total. The first-order valence-corrected chi connectivity index (χ1v) is 9.86. The van der Waals surface area contributed by atoms with Crippen LogP contribution in [0.2, 0.25) is 0 Å². The number of rotatable bonds is 4. The summed E-state index contributed by atoms with van der Waals surface area (Å²) < 4.78 is 23.0. The third-order valence-corrected chi connectivity index (χ3v) is 5.44. The highest BCUT2D eigenvalue weighted by atomic mass is 32.2. The lowest BCUT2D eigenvalue weighted by Crippen LogP contribution is -2.37. The normalized spacial score (nSPS) is 14.0. The van der Waals surface area contributed by atoms with Gasteiger partial charge in [-0.2, -0.15) is 0 Å². The van der Waals surface area contributed by atoms with Crippen LogP contribution < -0.4 is 21.1 Å². The van der Waals surface area contributed by atoms with Crippen LogP contribution in [-0.4, -0.2) is 27.4 Å². The van der Waals surface area contributed by atoms with E-state index in [1.54, 1.807) is 13.0 Å². The molecule has 7 nitrogen and oxygen atoms in total. The van der Waals surface area contributed by atoms with Crippen molar-refractivity contribution in [2.24, 2.45) is 5.14 Å². The molecule has 1 amide bonds.